The highest BCUT2D eigenvalue weighted by molar-refractivity contribution is 5.95. The van der Waals surface area contributed by atoms with Crippen LogP contribution in [-0.4, -0.2) is 28.9 Å². The van der Waals surface area contributed by atoms with Crippen LogP contribution in [0.15, 0.2) is 24.3 Å². The average molecular weight is 290 g/mol. The molecular formula is C15H18N2O4. The maximum atomic E-state index is 12.1. The van der Waals surface area contributed by atoms with E-state index >= 15 is 0 Å². The zero-order valence-electron chi connectivity index (χ0n) is 11.8. The highest BCUT2D eigenvalue weighted by atomic mass is 16.4. The topological polar surface area (TPSA) is 95.5 Å². The molecule has 1 saturated carbocycles. The van der Waals surface area contributed by atoms with Crippen LogP contribution in [0.3, 0.4) is 0 Å². The molecule has 6 nitrogen and oxygen atoms in total. The van der Waals surface area contributed by atoms with E-state index in [4.69, 9.17) is 5.11 Å². The zero-order valence-corrected chi connectivity index (χ0v) is 11.8. The van der Waals surface area contributed by atoms with E-state index in [1.54, 1.807) is 24.3 Å². The third-order valence-electron chi connectivity index (χ3n) is 3.58. The molecule has 0 spiro atoms. The fraction of sp³-hybridized carbons (Fsp3) is 0.400. The minimum atomic E-state index is -0.800. The Morgan fingerprint density at radius 1 is 1.14 bits per heavy atom. The van der Waals surface area contributed by atoms with Crippen LogP contribution in [0.1, 0.15) is 36.5 Å². The van der Waals surface area contributed by atoms with Crippen molar-refractivity contribution in [1.29, 1.82) is 0 Å². The number of nitrogens with one attached hydrogen (secondary N) is 2. The van der Waals surface area contributed by atoms with Gasteiger partial charge in [0.1, 0.15) is 0 Å². The summed E-state index contributed by atoms with van der Waals surface area (Å²) < 4.78 is 0. The number of carbonyl (C=O) groups excluding carboxylic acids is 2. The number of carboxylic acid groups (broad SMARTS) is 1. The smallest absolute Gasteiger partial charge is 0.306 e. The molecule has 112 valence electrons. The predicted octanol–water partition coefficient (Wildman–Crippen LogP) is 1.63. The van der Waals surface area contributed by atoms with Crippen molar-refractivity contribution in [3.63, 3.8) is 0 Å². The summed E-state index contributed by atoms with van der Waals surface area (Å²) in [5.74, 6) is -1.55. The molecule has 0 unspecified atom stereocenters. The number of rotatable bonds is 4. The number of hydrogen-bond acceptors (Lipinski definition) is 3. The highest BCUT2D eigenvalue weighted by Crippen LogP contribution is 2.25. The quantitative estimate of drug-likeness (QED) is 0.785. The van der Waals surface area contributed by atoms with E-state index < -0.39 is 5.97 Å². The molecule has 0 aromatic heterocycles. The lowest BCUT2D eigenvalue weighted by Gasteiger charge is -2.12. The van der Waals surface area contributed by atoms with Gasteiger partial charge in [-0.25, -0.2) is 0 Å². The van der Waals surface area contributed by atoms with E-state index in [0.29, 0.717) is 30.5 Å². The number of carboxylic acids is 1. The van der Waals surface area contributed by atoms with Crippen molar-refractivity contribution in [3.8, 4) is 0 Å². The van der Waals surface area contributed by atoms with Crippen LogP contribution in [-0.2, 0) is 9.59 Å². The number of anilines is 1. The third-order valence-corrected chi connectivity index (χ3v) is 3.58. The fourth-order valence-electron chi connectivity index (χ4n) is 2.51. The molecule has 0 heterocycles. The molecule has 2 atom stereocenters. The van der Waals surface area contributed by atoms with E-state index in [1.807, 2.05) is 0 Å². The lowest BCUT2D eigenvalue weighted by Crippen LogP contribution is -2.33. The van der Waals surface area contributed by atoms with Gasteiger partial charge in [0.25, 0.3) is 5.91 Å². The second-order valence-electron chi connectivity index (χ2n) is 5.28. The Bertz CT molecular complexity index is 553. The van der Waals surface area contributed by atoms with Crippen LogP contribution >= 0.6 is 0 Å². The van der Waals surface area contributed by atoms with Crippen molar-refractivity contribution in [2.24, 2.45) is 5.92 Å². The first-order valence-corrected chi connectivity index (χ1v) is 6.87. The van der Waals surface area contributed by atoms with Gasteiger partial charge in [-0.05, 0) is 43.5 Å². The Morgan fingerprint density at radius 3 is 2.33 bits per heavy atom. The van der Waals surface area contributed by atoms with Crippen LogP contribution in [0.4, 0.5) is 5.69 Å². The van der Waals surface area contributed by atoms with Gasteiger partial charge in [-0.15, -0.1) is 0 Å². The van der Waals surface area contributed by atoms with Gasteiger partial charge in [0.15, 0.2) is 0 Å². The maximum Gasteiger partial charge on any atom is 0.306 e. The lowest BCUT2D eigenvalue weighted by atomic mass is 10.1. The SMILES string of the molecule is CC(=O)Nc1ccc(C(=O)N[C@@H]2CC[C@H](C(=O)O)C2)cc1. The molecule has 1 fully saturated rings. The van der Waals surface area contributed by atoms with Crippen molar-refractivity contribution in [2.75, 3.05) is 5.32 Å². The van der Waals surface area contributed by atoms with Crippen molar-refractivity contribution >= 4 is 23.5 Å². The van der Waals surface area contributed by atoms with Crippen LogP contribution in [0, 0.1) is 5.92 Å². The molecule has 3 N–H and O–H groups in total. The molecule has 21 heavy (non-hydrogen) atoms. The number of carbonyl (C=O) groups is 3. The Labute approximate surface area is 122 Å². The predicted molar refractivity (Wildman–Crippen MR) is 77.0 cm³/mol. The standard InChI is InChI=1S/C15H18N2O4/c1-9(18)16-12-5-2-10(3-6-12)14(19)17-13-7-4-11(8-13)15(20)21/h2-3,5-6,11,13H,4,7-8H2,1H3,(H,16,18)(H,17,19)(H,20,21)/t11-,13+/m0/s1. The first-order chi connectivity index (χ1) is 9.95. The van der Waals surface area contributed by atoms with Gasteiger partial charge in [-0.1, -0.05) is 0 Å². The van der Waals surface area contributed by atoms with Crippen molar-refractivity contribution < 1.29 is 19.5 Å². The summed E-state index contributed by atoms with van der Waals surface area (Å²) in [6.45, 7) is 1.42. The summed E-state index contributed by atoms with van der Waals surface area (Å²) >= 11 is 0. The zero-order chi connectivity index (χ0) is 15.4. The van der Waals surface area contributed by atoms with Gasteiger partial charge in [0.2, 0.25) is 5.91 Å². The third kappa shape index (κ3) is 4.05. The summed E-state index contributed by atoms with van der Waals surface area (Å²) in [5, 5.41) is 14.4. The first kappa shape index (κ1) is 15.0. The molecule has 6 heteroatoms. The van der Waals surface area contributed by atoms with Crippen LogP contribution in [0.5, 0.6) is 0 Å². The summed E-state index contributed by atoms with van der Waals surface area (Å²) in [7, 11) is 0. The van der Waals surface area contributed by atoms with Crippen LogP contribution in [0.2, 0.25) is 0 Å². The van der Waals surface area contributed by atoms with E-state index in [9.17, 15) is 14.4 Å². The van der Waals surface area contributed by atoms with Gasteiger partial charge in [-0.3, -0.25) is 14.4 Å². The largest absolute Gasteiger partial charge is 0.481 e. The molecule has 1 aromatic carbocycles. The van der Waals surface area contributed by atoms with Gasteiger partial charge in [0, 0.05) is 24.2 Å². The number of amides is 2. The Balaban J connectivity index is 1.92. The molecule has 0 bridgehead atoms. The molecule has 0 radical (unpaired) electrons. The Hall–Kier alpha value is -2.37. The molecule has 1 aliphatic carbocycles. The highest BCUT2D eigenvalue weighted by Gasteiger charge is 2.30. The molecule has 2 rings (SSSR count). The van der Waals surface area contributed by atoms with Crippen molar-refractivity contribution in [1.82, 2.24) is 5.32 Å². The normalized spacial score (nSPS) is 20.8. The Morgan fingerprint density at radius 2 is 1.81 bits per heavy atom. The second-order valence-corrected chi connectivity index (χ2v) is 5.28. The van der Waals surface area contributed by atoms with Crippen LogP contribution < -0.4 is 10.6 Å². The minimum Gasteiger partial charge on any atom is -0.481 e. The maximum absolute atomic E-state index is 12.1. The second kappa shape index (κ2) is 6.39. The minimum absolute atomic E-state index is 0.0892. The Kier molecular flexibility index (Phi) is 4.57. The molecular weight excluding hydrogens is 272 g/mol. The molecule has 1 aliphatic rings. The van der Waals surface area contributed by atoms with E-state index in [1.165, 1.54) is 6.92 Å². The lowest BCUT2D eigenvalue weighted by molar-refractivity contribution is -0.141. The van der Waals surface area contributed by atoms with Gasteiger partial charge >= 0.3 is 5.97 Å². The van der Waals surface area contributed by atoms with Gasteiger partial charge in [0.05, 0.1) is 5.92 Å². The molecule has 2 amide bonds. The average Bonchev–Trinajstić information content (AvgIpc) is 2.87. The summed E-state index contributed by atoms with van der Waals surface area (Å²) in [5.41, 5.74) is 1.12. The monoisotopic (exact) mass is 290 g/mol. The molecule has 0 aliphatic heterocycles. The summed E-state index contributed by atoms with van der Waals surface area (Å²) in [6, 6.07) is 6.48. The van der Waals surface area contributed by atoms with Gasteiger partial charge < -0.3 is 15.7 Å². The fourth-order valence-corrected chi connectivity index (χ4v) is 2.51. The first-order valence-electron chi connectivity index (χ1n) is 6.87. The van der Waals surface area contributed by atoms with Crippen molar-refractivity contribution in [2.45, 2.75) is 32.2 Å². The number of aliphatic carboxylic acids is 1. The van der Waals surface area contributed by atoms with E-state index in [2.05, 4.69) is 10.6 Å². The number of hydrogen-bond donors (Lipinski definition) is 3. The summed E-state index contributed by atoms with van der Waals surface area (Å²) in [4.78, 5) is 33.9. The van der Waals surface area contributed by atoms with Gasteiger partial charge in [-0.2, -0.15) is 0 Å². The van der Waals surface area contributed by atoms with Crippen molar-refractivity contribution in [3.05, 3.63) is 29.8 Å². The number of benzene rings is 1. The molecule has 0 saturated heterocycles. The molecule has 1 aromatic rings. The van der Waals surface area contributed by atoms with Crippen LogP contribution in [0.25, 0.3) is 0 Å². The van der Waals surface area contributed by atoms with E-state index in [0.717, 1.165) is 0 Å². The summed E-state index contributed by atoms with van der Waals surface area (Å²) in [6.07, 6.45) is 1.76. The van der Waals surface area contributed by atoms with E-state index in [-0.39, 0.29) is 23.8 Å².